The van der Waals surface area contributed by atoms with E-state index in [-0.39, 0.29) is 18.4 Å². The van der Waals surface area contributed by atoms with Crippen molar-refractivity contribution >= 4 is 23.6 Å². The smallest absolute Gasteiger partial charge is 0.294 e. The molecule has 4 rings (SSSR count). The molecule has 0 amide bonds. The van der Waals surface area contributed by atoms with Crippen LogP contribution in [-0.2, 0) is 24.3 Å². The highest BCUT2D eigenvalue weighted by molar-refractivity contribution is 7.85. The van der Waals surface area contributed by atoms with Crippen LogP contribution in [0.5, 0.6) is 17.2 Å². The number of rotatable bonds is 16. The molecule has 11 heteroatoms. The molecule has 272 valence electrons. The summed E-state index contributed by atoms with van der Waals surface area (Å²) in [6.07, 6.45) is 4.25. The van der Waals surface area contributed by atoms with E-state index in [4.69, 9.17) is 33.0 Å². The molecule has 4 aromatic rings. The van der Waals surface area contributed by atoms with Crippen LogP contribution >= 0.6 is 13.5 Å². The van der Waals surface area contributed by atoms with Gasteiger partial charge in [0.2, 0.25) is 0 Å². The van der Waals surface area contributed by atoms with Crippen LogP contribution in [0.25, 0.3) is 0 Å². The van der Waals surface area contributed by atoms with E-state index in [0.717, 1.165) is 33.9 Å². The Kier molecular flexibility index (Phi) is 25.3. The van der Waals surface area contributed by atoms with Gasteiger partial charge in [-0.1, -0.05) is 92.0 Å². The molecule has 0 radical (unpaired) electrons. The molecule has 0 fully saturated rings. The van der Waals surface area contributed by atoms with Crippen molar-refractivity contribution in [3.63, 3.8) is 0 Å². The van der Waals surface area contributed by atoms with Gasteiger partial charge in [-0.2, -0.15) is 21.9 Å². The van der Waals surface area contributed by atoms with Gasteiger partial charge in [0, 0.05) is 0 Å². The van der Waals surface area contributed by atoms with Crippen LogP contribution < -0.4 is 14.2 Å². The molecule has 50 heavy (non-hydrogen) atoms. The van der Waals surface area contributed by atoms with E-state index in [1.807, 2.05) is 99.6 Å². The SMILES string of the molecule is C=COCCOc1c(C)cccc1C.C=COCCOc1ccccc1.C=COCCOc1ccccc1.Cc1ccc(S(=O)(=O)O)cc1.S. The topological polar surface area (TPSA) is 110 Å². The van der Waals surface area contributed by atoms with Crippen molar-refractivity contribution in [2.24, 2.45) is 0 Å². The Balaban J connectivity index is 0.000000638. The van der Waals surface area contributed by atoms with Gasteiger partial charge in [-0.3, -0.25) is 4.55 Å². The summed E-state index contributed by atoms with van der Waals surface area (Å²) >= 11 is 0. The minimum atomic E-state index is -4.02. The Morgan fingerprint density at radius 1 is 0.540 bits per heavy atom. The predicted octanol–water partition coefficient (Wildman–Crippen LogP) is 8.65. The predicted molar refractivity (Wildman–Crippen MR) is 205 cm³/mol. The van der Waals surface area contributed by atoms with E-state index in [1.54, 1.807) is 12.1 Å². The zero-order valence-electron chi connectivity index (χ0n) is 29.0. The van der Waals surface area contributed by atoms with Crippen molar-refractivity contribution in [1.29, 1.82) is 0 Å². The maximum Gasteiger partial charge on any atom is 0.294 e. The fraction of sp³-hybridized carbons (Fsp3) is 0.231. The summed E-state index contributed by atoms with van der Waals surface area (Å²) in [5.74, 6) is 2.69. The summed E-state index contributed by atoms with van der Waals surface area (Å²) in [6.45, 7) is 19.5. The van der Waals surface area contributed by atoms with Gasteiger partial charge >= 0.3 is 0 Å². The van der Waals surface area contributed by atoms with Crippen molar-refractivity contribution in [1.82, 2.24) is 0 Å². The van der Waals surface area contributed by atoms with Crippen LogP contribution in [0.4, 0.5) is 0 Å². The van der Waals surface area contributed by atoms with Crippen LogP contribution in [0, 0.1) is 20.8 Å². The summed E-state index contributed by atoms with van der Waals surface area (Å²) in [4.78, 5) is -0.0666. The van der Waals surface area contributed by atoms with Crippen LogP contribution in [0.1, 0.15) is 16.7 Å². The fourth-order valence-electron chi connectivity index (χ4n) is 3.63. The Morgan fingerprint density at radius 3 is 1.28 bits per heavy atom. The summed E-state index contributed by atoms with van der Waals surface area (Å²) in [5, 5.41) is 0. The second-order valence-corrected chi connectivity index (χ2v) is 11.2. The standard InChI is InChI=1S/C12H16O2.2C10H12O2.C7H8O3S.H2S/c1-4-13-8-9-14-12-10(2)6-5-7-11(12)3;2*1-2-11-8-9-12-10-6-4-3-5-7-10;1-6-2-4-7(5-3-6)11(8,9)10;/h4-7H,1,8-9H2,2-3H3;2*2-7H,1,8-9H2;2-5H,1H3,(H,8,9,10);1H2. The highest BCUT2D eigenvalue weighted by atomic mass is 32.2. The maximum absolute atomic E-state index is 10.5. The van der Waals surface area contributed by atoms with Gasteiger partial charge in [-0.15, -0.1) is 0 Å². The molecule has 0 unspecified atom stereocenters. The molecular weight excluding hydrogens is 677 g/mol. The first-order valence-electron chi connectivity index (χ1n) is 15.4. The van der Waals surface area contributed by atoms with E-state index in [9.17, 15) is 8.42 Å². The van der Waals surface area contributed by atoms with Crippen molar-refractivity contribution in [3.8, 4) is 17.2 Å². The lowest BCUT2D eigenvalue weighted by molar-refractivity contribution is 0.178. The zero-order chi connectivity index (χ0) is 36.2. The van der Waals surface area contributed by atoms with Gasteiger partial charge in [-0.05, 0) is 68.3 Å². The normalized spacial score (nSPS) is 9.52. The molecule has 0 saturated carbocycles. The van der Waals surface area contributed by atoms with Gasteiger partial charge in [0.1, 0.15) is 56.9 Å². The Labute approximate surface area is 305 Å². The van der Waals surface area contributed by atoms with E-state index in [2.05, 4.69) is 19.7 Å². The number of para-hydroxylation sites is 3. The van der Waals surface area contributed by atoms with Gasteiger partial charge in [0.05, 0.1) is 23.7 Å². The van der Waals surface area contributed by atoms with Crippen LogP contribution in [0.3, 0.4) is 0 Å². The molecule has 0 bridgehead atoms. The monoisotopic (exact) mass is 726 g/mol. The third kappa shape index (κ3) is 21.9. The Bertz CT molecular complexity index is 1490. The lowest BCUT2D eigenvalue weighted by atomic mass is 10.1. The Morgan fingerprint density at radius 2 is 0.920 bits per heavy atom. The highest BCUT2D eigenvalue weighted by Crippen LogP contribution is 2.22. The first kappa shape index (κ1) is 45.2. The van der Waals surface area contributed by atoms with Crippen LogP contribution in [0.2, 0.25) is 0 Å². The minimum absolute atomic E-state index is 0. The molecule has 9 nitrogen and oxygen atoms in total. The van der Waals surface area contributed by atoms with E-state index < -0.39 is 10.1 Å². The number of aryl methyl sites for hydroxylation is 3. The number of ether oxygens (including phenoxy) is 6. The lowest BCUT2D eigenvalue weighted by Gasteiger charge is -2.11. The Hall–Kier alpha value is -4.84. The molecule has 0 heterocycles. The van der Waals surface area contributed by atoms with E-state index in [1.165, 1.54) is 30.9 Å². The second kappa shape index (κ2) is 28.0. The van der Waals surface area contributed by atoms with Crippen LogP contribution in [-0.4, -0.2) is 52.6 Å². The van der Waals surface area contributed by atoms with Gasteiger partial charge in [-0.25, -0.2) is 0 Å². The van der Waals surface area contributed by atoms with E-state index >= 15 is 0 Å². The lowest BCUT2D eigenvalue weighted by Crippen LogP contribution is -2.05. The molecule has 4 aromatic carbocycles. The second-order valence-electron chi connectivity index (χ2n) is 9.79. The van der Waals surface area contributed by atoms with Crippen LogP contribution in [0.15, 0.2) is 147 Å². The van der Waals surface area contributed by atoms with Crippen molar-refractivity contribution in [2.45, 2.75) is 25.7 Å². The number of hydrogen-bond acceptors (Lipinski definition) is 8. The van der Waals surface area contributed by atoms with Gasteiger partial charge < -0.3 is 28.4 Å². The largest absolute Gasteiger partial charge is 0.498 e. The van der Waals surface area contributed by atoms with Gasteiger partial charge in [0.15, 0.2) is 0 Å². The first-order chi connectivity index (χ1) is 23.6. The fourth-order valence-corrected chi connectivity index (χ4v) is 4.11. The average molecular weight is 727 g/mol. The quantitative estimate of drug-likeness (QED) is 0.0689. The summed E-state index contributed by atoms with van der Waals surface area (Å²) in [7, 11) is -4.02. The molecule has 0 spiro atoms. The summed E-state index contributed by atoms with van der Waals surface area (Å²) in [6, 6.07) is 31.4. The van der Waals surface area contributed by atoms with Gasteiger partial charge in [0.25, 0.3) is 10.1 Å². The number of benzene rings is 4. The molecule has 0 aliphatic heterocycles. The number of hydrogen-bond donors (Lipinski definition) is 1. The molecule has 1 N–H and O–H groups in total. The summed E-state index contributed by atoms with van der Waals surface area (Å²) < 4.78 is 60.6. The van der Waals surface area contributed by atoms with Crippen molar-refractivity contribution in [3.05, 3.63) is 158 Å². The molecule has 0 aliphatic rings. The molecule has 0 aliphatic carbocycles. The third-order valence-electron chi connectivity index (χ3n) is 5.95. The maximum atomic E-state index is 10.5. The average Bonchev–Trinajstić information content (AvgIpc) is 3.10. The zero-order valence-corrected chi connectivity index (χ0v) is 30.8. The molecular formula is C39H50O9S2. The highest BCUT2D eigenvalue weighted by Gasteiger charge is 2.07. The first-order valence-corrected chi connectivity index (χ1v) is 16.8. The van der Waals surface area contributed by atoms with Crippen molar-refractivity contribution < 1.29 is 41.4 Å². The third-order valence-corrected chi connectivity index (χ3v) is 6.82. The van der Waals surface area contributed by atoms with Crippen molar-refractivity contribution in [2.75, 3.05) is 39.6 Å². The van der Waals surface area contributed by atoms with E-state index in [0.29, 0.717) is 39.6 Å². The molecule has 0 aromatic heterocycles. The minimum Gasteiger partial charge on any atom is -0.498 e. The molecule has 0 atom stereocenters. The summed E-state index contributed by atoms with van der Waals surface area (Å²) in [5.41, 5.74) is 3.27. The molecule has 0 saturated heterocycles.